The number of benzene rings is 2. The molecule has 5 heteroatoms. The first-order valence-electron chi connectivity index (χ1n) is 10.1. The average molecular weight is 383 g/mol. The van der Waals surface area contributed by atoms with Gasteiger partial charge in [-0.3, -0.25) is 9.89 Å². The molecule has 0 aliphatic heterocycles. The quantitative estimate of drug-likeness (QED) is 0.488. The maximum absolute atomic E-state index is 5.19. The molecule has 0 aliphatic carbocycles. The molecule has 2 rings (SSSR count). The highest BCUT2D eigenvalue weighted by atomic mass is 16.5. The van der Waals surface area contributed by atoms with Gasteiger partial charge in [0.2, 0.25) is 0 Å². The molecule has 0 aromatic heterocycles. The highest BCUT2D eigenvalue weighted by Crippen LogP contribution is 2.11. The Bertz CT molecular complexity index is 706. The van der Waals surface area contributed by atoms with Gasteiger partial charge >= 0.3 is 0 Å². The van der Waals surface area contributed by atoms with Gasteiger partial charge in [0.15, 0.2) is 5.96 Å². The number of nitrogens with one attached hydrogen (secondary N) is 2. The fraction of sp³-hybridized carbons (Fsp3) is 0.435. The molecular formula is C23H34N4O. The first-order chi connectivity index (χ1) is 13.7. The van der Waals surface area contributed by atoms with Gasteiger partial charge in [0.25, 0.3) is 0 Å². The molecule has 0 bridgehead atoms. The summed E-state index contributed by atoms with van der Waals surface area (Å²) < 4.78 is 5.19. The Kier molecular flexibility index (Phi) is 9.35. The van der Waals surface area contributed by atoms with Crippen LogP contribution in [0, 0.1) is 0 Å². The summed E-state index contributed by atoms with van der Waals surface area (Å²) in [6.45, 7) is 9.17. The summed E-state index contributed by atoms with van der Waals surface area (Å²) in [5.74, 6) is 1.71. The molecule has 2 N–H and O–H groups in total. The van der Waals surface area contributed by atoms with E-state index in [1.165, 1.54) is 16.7 Å². The average Bonchev–Trinajstić information content (AvgIpc) is 2.75. The van der Waals surface area contributed by atoms with Gasteiger partial charge in [-0.25, -0.2) is 0 Å². The second kappa shape index (κ2) is 12.0. The summed E-state index contributed by atoms with van der Waals surface area (Å²) in [5.41, 5.74) is 3.88. The molecule has 0 heterocycles. The van der Waals surface area contributed by atoms with Crippen LogP contribution < -0.4 is 15.4 Å². The van der Waals surface area contributed by atoms with E-state index < -0.39 is 0 Å². The van der Waals surface area contributed by atoms with E-state index in [0.717, 1.165) is 50.9 Å². The van der Waals surface area contributed by atoms with Gasteiger partial charge in [-0.15, -0.1) is 0 Å². The van der Waals surface area contributed by atoms with Crippen molar-refractivity contribution in [3.05, 3.63) is 65.2 Å². The Morgan fingerprint density at radius 3 is 2.07 bits per heavy atom. The van der Waals surface area contributed by atoms with Gasteiger partial charge in [0, 0.05) is 26.7 Å². The molecule has 2 aromatic rings. The van der Waals surface area contributed by atoms with Gasteiger partial charge in [-0.1, -0.05) is 50.2 Å². The zero-order valence-electron chi connectivity index (χ0n) is 17.7. The number of hydrogen-bond donors (Lipinski definition) is 2. The second-order valence-electron chi connectivity index (χ2n) is 6.73. The number of hydrogen-bond acceptors (Lipinski definition) is 3. The van der Waals surface area contributed by atoms with Crippen molar-refractivity contribution in [2.75, 3.05) is 33.8 Å². The van der Waals surface area contributed by atoms with Gasteiger partial charge in [0.1, 0.15) is 5.75 Å². The standard InChI is InChI=1S/C23H34N4O/c1-5-27(6-2)18-21-9-7-20(8-10-21)17-26-23(24-3)25-16-15-19-11-13-22(28-4)14-12-19/h7-14H,5-6,15-18H2,1-4H3,(H2,24,25,26). The summed E-state index contributed by atoms with van der Waals surface area (Å²) >= 11 is 0. The molecule has 0 amide bonds. The fourth-order valence-electron chi connectivity index (χ4n) is 2.99. The molecule has 5 nitrogen and oxygen atoms in total. The third-order valence-corrected chi connectivity index (χ3v) is 4.87. The lowest BCUT2D eigenvalue weighted by molar-refractivity contribution is 0.296. The lowest BCUT2D eigenvalue weighted by atomic mass is 10.1. The molecule has 0 radical (unpaired) electrons. The molecule has 0 saturated heterocycles. The van der Waals surface area contributed by atoms with Gasteiger partial charge < -0.3 is 15.4 Å². The zero-order valence-corrected chi connectivity index (χ0v) is 17.7. The topological polar surface area (TPSA) is 48.9 Å². The van der Waals surface area contributed by atoms with E-state index in [1.807, 2.05) is 12.1 Å². The van der Waals surface area contributed by atoms with Crippen molar-refractivity contribution in [3.8, 4) is 5.75 Å². The molecule has 0 spiro atoms. The zero-order chi connectivity index (χ0) is 20.2. The number of rotatable bonds is 10. The largest absolute Gasteiger partial charge is 0.497 e. The van der Waals surface area contributed by atoms with Crippen LogP contribution in [0.25, 0.3) is 0 Å². The van der Waals surface area contributed by atoms with Gasteiger partial charge in [-0.2, -0.15) is 0 Å². The van der Waals surface area contributed by atoms with Crippen molar-refractivity contribution >= 4 is 5.96 Å². The van der Waals surface area contributed by atoms with Crippen molar-refractivity contribution in [3.63, 3.8) is 0 Å². The van der Waals surface area contributed by atoms with Crippen molar-refractivity contribution in [1.29, 1.82) is 0 Å². The first-order valence-corrected chi connectivity index (χ1v) is 10.1. The molecule has 152 valence electrons. The van der Waals surface area contributed by atoms with Crippen molar-refractivity contribution in [2.45, 2.75) is 33.4 Å². The van der Waals surface area contributed by atoms with Crippen molar-refractivity contribution < 1.29 is 4.74 Å². The highest BCUT2D eigenvalue weighted by Gasteiger charge is 2.02. The lowest BCUT2D eigenvalue weighted by Gasteiger charge is -2.18. The summed E-state index contributed by atoms with van der Waals surface area (Å²) in [5, 5.41) is 6.75. The summed E-state index contributed by atoms with van der Waals surface area (Å²) in [7, 11) is 3.49. The molecule has 0 atom stereocenters. The lowest BCUT2D eigenvalue weighted by Crippen LogP contribution is -2.37. The monoisotopic (exact) mass is 382 g/mol. The minimum Gasteiger partial charge on any atom is -0.497 e. The van der Waals surface area contributed by atoms with Gasteiger partial charge in [0.05, 0.1) is 7.11 Å². The number of guanidine groups is 1. The van der Waals surface area contributed by atoms with Crippen LogP contribution in [-0.2, 0) is 19.5 Å². The summed E-state index contributed by atoms with van der Waals surface area (Å²) in [4.78, 5) is 6.73. The fourth-order valence-corrected chi connectivity index (χ4v) is 2.99. The number of nitrogens with zero attached hydrogens (tertiary/aromatic N) is 2. The van der Waals surface area contributed by atoms with Crippen LogP contribution in [0.1, 0.15) is 30.5 Å². The smallest absolute Gasteiger partial charge is 0.191 e. The van der Waals surface area contributed by atoms with E-state index in [1.54, 1.807) is 14.2 Å². The van der Waals surface area contributed by atoms with Crippen LogP contribution in [0.5, 0.6) is 5.75 Å². The molecule has 28 heavy (non-hydrogen) atoms. The minimum absolute atomic E-state index is 0.758. The molecule has 0 unspecified atom stereocenters. The molecule has 0 fully saturated rings. The van der Waals surface area contributed by atoms with Crippen molar-refractivity contribution in [2.24, 2.45) is 4.99 Å². The minimum atomic E-state index is 0.758. The van der Waals surface area contributed by atoms with Crippen molar-refractivity contribution in [1.82, 2.24) is 15.5 Å². The first kappa shape index (κ1) is 21.8. The Balaban J connectivity index is 1.75. The predicted octanol–water partition coefficient (Wildman–Crippen LogP) is 3.44. The van der Waals surface area contributed by atoms with E-state index in [-0.39, 0.29) is 0 Å². The summed E-state index contributed by atoms with van der Waals surface area (Å²) in [6.07, 6.45) is 0.935. The Morgan fingerprint density at radius 2 is 1.50 bits per heavy atom. The van der Waals surface area contributed by atoms with Crippen LogP contribution in [-0.4, -0.2) is 44.7 Å². The second-order valence-corrected chi connectivity index (χ2v) is 6.73. The molecule has 0 saturated carbocycles. The molecule has 0 aliphatic rings. The van der Waals surface area contributed by atoms with Crippen LogP contribution in [0.15, 0.2) is 53.5 Å². The summed E-state index contributed by atoms with van der Waals surface area (Å²) in [6, 6.07) is 17.0. The van der Waals surface area contributed by atoms with E-state index in [2.05, 4.69) is 70.8 Å². The maximum atomic E-state index is 5.19. The molecule has 2 aromatic carbocycles. The highest BCUT2D eigenvalue weighted by molar-refractivity contribution is 5.79. The van der Waals surface area contributed by atoms with E-state index in [4.69, 9.17) is 4.74 Å². The number of aliphatic imine (C=N–C) groups is 1. The van der Waals surface area contributed by atoms with Crippen LogP contribution in [0.3, 0.4) is 0 Å². The Morgan fingerprint density at radius 1 is 0.893 bits per heavy atom. The molecular weight excluding hydrogens is 348 g/mol. The van der Waals surface area contributed by atoms with E-state index >= 15 is 0 Å². The van der Waals surface area contributed by atoms with Crippen LogP contribution in [0.4, 0.5) is 0 Å². The van der Waals surface area contributed by atoms with Gasteiger partial charge in [-0.05, 0) is 48.3 Å². The van der Waals surface area contributed by atoms with E-state index in [9.17, 15) is 0 Å². The number of ether oxygens (including phenoxy) is 1. The third kappa shape index (κ3) is 7.24. The Hall–Kier alpha value is -2.53. The third-order valence-electron chi connectivity index (χ3n) is 4.87. The Labute approximate surface area is 169 Å². The van der Waals surface area contributed by atoms with Crippen LogP contribution >= 0.6 is 0 Å². The normalized spacial score (nSPS) is 11.5. The maximum Gasteiger partial charge on any atom is 0.191 e. The number of methoxy groups -OCH3 is 1. The predicted molar refractivity (Wildman–Crippen MR) is 118 cm³/mol. The SMILES string of the molecule is CCN(CC)Cc1ccc(CNC(=NC)NCCc2ccc(OC)cc2)cc1. The van der Waals surface area contributed by atoms with Crippen LogP contribution in [0.2, 0.25) is 0 Å². The van der Waals surface area contributed by atoms with E-state index in [0.29, 0.717) is 0 Å².